The molecule has 6 aromatic carbocycles. The third-order valence-corrected chi connectivity index (χ3v) is 16.3. The van der Waals surface area contributed by atoms with Crippen LogP contribution < -0.4 is 28.4 Å². The highest BCUT2D eigenvalue weighted by Gasteiger charge is 2.26. The minimum atomic E-state index is -0.875. The topological polar surface area (TPSA) is 187 Å². The number of carbonyl (C=O) groups is 5. The van der Waals surface area contributed by atoms with Gasteiger partial charge >= 0.3 is 29.8 Å². The summed E-state index contributed by atoms with van der Waals surface area (Å²) in [5.74, 6) is 34.8. The van der Waals surface area contributed by atoms with Crippen molar-refractivity contribution in [3.63, 3.8) is 0 Å². The Morgan fingerprint density at radius 2 is 0.495 bits per heavy atom. The number of hydrogen-bond acceptors (Lipinski definition) is 16. The zero-order chi connectivity index (χ0) is 75.7. The molecular formula is C89H102O16. The fourth-order valence-electron chi connectivity index (χ4n) is 9.78. The number of benzene rings is 6. The van der Waals surface area contributed by atoms with E-state index in [4.69, 9.17) is 52.1 Å². The van der Waals surface area contributed by atoms with Crippen LogP contribution in [0.3, 0.4) is 0 Å². The van der Waals surface area contributed by atoms with E-state index in [0.29, 0.717) is 123 Å². The van der Waals surface area contributed by atoms with Crippen LogP contribution in [-0.2, 0) is 47.7 Å². The molecule has 105 heavy (non-hydrogen) atoms. The molecule has 6 aromatic rings. The largest absolute Gasteiger partial charge is 0.491 e. The number of rotatable bonds is 37. The Balaban J connectivity index is 1.70. The third kappa shape index (κ3) is 28.8. The zero-order valence-electron chi connectivity index (χ0n) is 63.2. The van der Waals surface area contributed by atoms with Gasteiger partial charge in [-0.15, -0.1) is 0 Å². The summed E-state index contributed by atoms with van der Waals surface area (Å²) in [6.45, 7) is 24.4. The highest BCUT2D eigenvalue weighted by molar-refractivity contribution is 5.79. The van der Waals surface area contributed by atoms with E-state index < -0.39 is 60.4 Å². The van der Waals surface area contributed by atoms with Crippen molar-refractivity contribution < 1.29 is 76.1 Å². The van der Waals surface area contributed by atoms with Crippen molar-refractivity contribution in [2.24, 2.45) is 5.92 Å². The lowest BCUT2D eigenvalue weighted by Gasteiger charge is -2.20. The van der Waals surface area contributed by atoms with Crippen LogP contribution in [0, 0.1) is 65.1 Å². The lowest BCUT2D eigenvalue weighted by atomic mass is 9.89. The molecule has 16 heteroatoms. The lowest BCUT2D eigenvalue weighted by molar-refractivity contribution is -0.151. The lowest BCUT2D eigenvalue weighted by Crippen LogP contribution is -2.26. The van der Waals surface area contributed by atoms with Crippen LogP contribution in [0.25, 0.3) is 0 Å². The summed E-state index contributed by atoms with van der Waals surface area (Å²) in [5.41, 5.74) is 4.61. The predicted octanol–water partition coefficient (Wildman–Crippen LogP) is 16.8. The normalized spacial score (nSPS) is 12.2. The van der Waals surface area contributed by atoms with E-state index in [1.54, 1.807) is 156 Å². The first-order valence-electron chi connectivity index (χ1n) is 37.0. The minimum Gasteiger partial charge on any atom is -0.491 e. The highest BCUT2D eigenvalue weighted by Crippen LogP contribution is 2.35. The molecule has 0 aliphatic carbocycles. The molecular weight excluding hydrogens is 1320 g/mol. The molecule has 0 aliphatic rings. The van der Waals surface area contributed by atoms with Gasteiger partial charge in [0.1, 0.15) is 28.7 Å². The van der Waals surface area contributed by atoms with Gasteiger partial charge in [0.05, 0.1) is 67.5 Å². The standard InChI is InChI=1S/C89H102O16/c1-13-20-26-68(19-7)62-100-84-82(55-40-72-33-48-77(49-34-72)104-66(11)88(93)98-60-24-17-5)80(53-38-70-29-44-75(45-30-70)102-64(9)86(91)96-58-22-15-3)79(52-37-69-27-42-74(43-28-69)101-63(8)85(90)95-57-21-14-2)81(54-39-71-31-46-76(47-32-71)103-65(10)87(92)97-59-23-16-4)83(84)56-41-73-35-50-78(51-36-73)105-67(12)89(94)99-61-25-18-6/h27-36,42-51,63-68H,13-26,57-62H2,1-12H3/t63-,64-,65-,66-,67-,68?/m0/s1. The van der Waals surface area contributed by atoms with Gasteiger partial charge in [-0.05, 0) is 200 Å². The first-order valence-corrected chi connectivity index (χ1v) is 37.0. The maximum Gasteiger partial charge on any atom is 0.347 e. The molecule has 0 N–H and O–H groups in total. The fraction of sp³-hybridized carbons (Fsp3) is 0.427. The van der Waals surface area contributed by atoms with Crippen molar-refractivity contribution in [3.8, 4) is 93.7 Å². The zero-order valence-corrected chi connectivity index (χ0v) is 63.2. The summed E-state index contributed by atoms with van der Waals surface area (Å²) in [4.78, 5) is 64.4. The second kappa shape index (κ2) is 46.1. The van der Waals surface area contributed by atoms with Gasteiger partial charge in [-0.25, -0.2) is 24.0 Å². The maximum absolute atomic E-state index is 12.9. The van der Waals surface area contributed by atoms with E-state index in [1.165, 1.54) is 0 Å². The van der Waals surface area contributed by atoms with Crippen LogP contribution in [-0.4, -0.2) is 100 Å². The van der Waals surface area contributed by atoms with Crippen LogP contribution in [0.15, 0.2) is 121 Å². The molecule has 1 unspecified atom stereocenters. The number of hydrogen-bond donors (Lipinski definition) is 0. The van der Waals surface area contributed by atoms with Gasteiger partial charge in [0, 0.05) is 27.8 Å². The quantitative estimate of drug-likeness (QED) is 0.0155. The molecule has 554 valence electrons. The van der Waals surface area contributed by atoms with Crippen molar-refractivity contribution >= 4 is 29.8 Å². The van der Waals surface area contributed by atoms with Gasteiger partial charge in [-0.3, -0.25) is 0 Å². The van der Waals surface area contributed by atoms with Gasteiger partial charge in [0.25, 0.3) is 0 Å². The van der Waals surface area contributed by atoms with Crippen LogP contribution in [0.5, 0.6) is 34.5 Å². The minimum absolute atomic E-state index is 0.109. The second-order valence-corrected chi connectivity index (χ2v) is 25.2. The van der Waals surface area contributed by atoms with Gasteiger partial charge in [-0.2, -0.15) is 0 Å². The molecule has 0 saturated heterocycles. The molecule has 0 fully saturated rings. The second-order valence-electron chi connectivity index (χ2n) is 25.2. The third-order valence-electron chi connectivity index (χ3n) is 16.3. The van der Waals surface area contributed by atoms with Crippen LogP contribution in [0.2, 0.25) is 0 Å². The number of unbranched alkanes of at least 4 members (excludes halogenated alkanes) is 6. The Bertz CT molecular complexity index is 3870. The van der Waals surface area contributed by atoms with Crippen LogP contribution in [0.1, 0.15) is 229 Å². The Labute approximate surface area is 622 Å². The fourth-order valence-corrected chi connectivity index (χ4v) is 9.78. The Hall–Kier alpha value is -10.7. The molecule has 0 bridgehead atoms. The van der Waals surface area contributed by atoms with E-state index in [1.807, 2.05) is 34.6 Å². The van der Waals surface area contributed by atoms with Crippen molar-refractivity contribution in [2.45, 2.75) is 203 Å². The van der Waals surface area contributed by atoms with Gasteiger partial charge in [0.15, 0.2) is 36.3 Å². The Kier molecular flexibility index (Phi) is 36.5. The Morgan fingerprint density at radius 1 is 0.286 bits per heavy atom. The first kappa shape index (κ1) is 83.2. The molecule has 0 saturated carbocycles. The summed E-state index contributed by atoms with van der Waals surface area (Å²) in [5, 5.41) is 0. The summed E-state index contributed by atoms with van der Waals surface area (Å²) >= 11 is 0. The highest BCUT2D eigenvalue weighted by atomic mass is 16.6. The number of carbonyl (C=O) groups excluding carboxylic acids is 5. The van der Waals surface area contributed by atoms with Crippen molar-refractivity contribution in [3.05, 3.63) is 177 Å². The van der Waals surface area contributed by atoms with Crippen LogP contribution in [0.4, 0.5) is 0 Å². The average molecular weight is 1430 g/mol. The van der Waals surface area contributed by atoms with Crippen molar-refractivity contribution in [2.75, 3.05) is 39.6 Å². The van der Waals surface area contributed by atoms with Gasteiger partial charge < -0.3 is 52.1 Å². The number of esters is 5. The summed E-state index contributed by atoms with van der Waals surface area (Å²) < 4.78 is 64.7. The molecule has 6 atom stereocenters. The predicted molar refractivity (Wildman–Crippen MR) is 407 cm³/mol. The molecule has 0 heterocycles. The first-order chi connectivity index (χ1) is 50.9. The van der Waals surface area contributed by atoms with E-state index in [0.717, 1.165) is 89.9 Å². The average Bonchev–Trinajstić information content (AvgIpc) is 0.762. The SMILES string of the molecule is CCCCOC(=O)[C@H](C)Oc1ccc(C#Cc2c(C#Cc3ccc(O[C@@H](C)C(=O)OCCCC)cc3)c(C#Cc3ccc(O[C@@H](C)C(=O)OCCCC)cc3)c(OCC(CC)CCCC)c(C#Cc3ccc(O[C@@H](C)C(=O)OCCCC)cc3)c2C#Cc2ccc(O[C@@H](C)C(=O)OCCCC)cc2)cc1. The smallest absolute Gasteiger partial charge is 0.347 e. The van der Waals surface area contributed by atoms with E-state index in [-0.39, 0.29) is 12.5 Å². The van der Waals surface area contributed by atoms with Crippen LogP contribution >= 0.6 is 0 Å². The summed E-state index contributed by atoms with van der Waals surface area (Å²) in [6, 6.07) is 35.2. The summed E-state index contributed by atoms with van der Waals surface area (Å²) in [6.07, 6.45) is 7.35. The molecule has 0 aromatic heterocycles. The molecule has 0 amide bonds. The Morgan fingerprint density at radius 3 is 0.705 bits per heavy atom. The molecule has 0 aliphatic heterocycles. The number of ether oxygens (including phenoxy) is 11. The maximum atomic E-state index is 12.9. The van der Waals surface area contributed by atoms with Gasteiger partial charge in [-0.1, -0.05) is 159 Å². The van der Waals surface area contributed by atoms with E-state index in [2.05, 4.69) is 73.1 Å². The van der Waals surface area contributed by atoms with E-state index in [9.17, 15) is 24.0 Å². The molecule has 16 nitrogen and oxygen atoms in total. The molecule has 0 spiro atoms. The molecule has 6 rings (SSSR count). The van der Waals surface area contributed by atoms with E-state index >= 15 is 0 Å². The van der Waals surface area contributed by atoms with Crippen molar-refractivity contribution in [1.29, 1.82) is 0 Å². The summed E-state index contributed by atoms with van der Waals surface area (Å²) in [7, 11) is 0. The monoisotopic (exact) mass is 1430 g/mol. The van der Waals surface area contributed by atoms with Crippen molar-refractivity contribution in [1.82, 2.24) is 0 Å². The van der Waals surface area contributed by atoms with Gasteiger partial charge in [0.2, 0.25) is 0 Å². The molecule has 0 radical (unpaired) electrons.